The molecule has 0 spiro atoms. The molecule has 0 bridgehead atoms. The number of benzene rings is 1. The average molecular weight is 307 g/mol. The molecule has 0 atom stereocenters. The fourth-order valence-electron chi connectivity index (χ4n) is 1.21. The normalized spacial score (nSPS) is 12.6. The molecule has 4 nitrogen and oxygen atoms in total. The largest absolute Gasteiger partial charge is 0.464 e. The van der Waals surface area contributed by atoms with E-state index in [1.807, 2.05) is 0 Å². The second-order valence-corrected chi connectivity index (χ2v) is 3.42. The minimum Gasteiger partial charge on any atom is -0.464 e. The summed E-state index contributed by atoms with van der Waals surface area (Å²) in [5, 5.41) is 10.4. The standard InChI is InChI=1S/C9H4F7NO3/c10-4-2-1-3-5(6(4)17(18)19)20-7(8(11,12)13)9(14,15)16/h1-3,7H. The summed E-state index contributed by atoms with van der Waals surface area (Å²) in [6, 6.07) is 1.62. The van der Waals surface area contributed by atoms with Crippen LogP contribution >= 0.6 is 0 Å². The number of hydrogen-bond acceptors (Lipinski definition) is 3. The third kappa shape index (κ3) is 3.48. The number of nitrogens with zero attached hydrogens (tertiary/aromatic N) is 1. The van der Waals surface area contributed by atoms with Gasteiger partial charge in [0.2, 0.25) is 11.6 Å². The van der Waals surface area contributed by atoms with E-state index in [0.29, 0.717) is 18.2 Å². The van der Waals surface area contributed by atoms with Gasteiger partial charge in [-0.2, -0.15) is 30.7 Å². The highest BCUT2D eigenvalue weighted by Crippen LogP contribution is 2.39. The second-order valence-electron chi connectivity index (χ2n) is 3.42. The van der Waals surface area contributed by atoms with E-state index in [1.165, 1.54) is 0 Å². The molecule has 0 amide bonds. The lowest BCUT2D eigenvalue weighted by atomic mass is 10.2. The number of ether oxygens (including phenoxy) is 1. The summed E-state index contributed by atoms with van der Waals surface area (Å²) in [5.74, 6) is -3.08. The minimum atomic E-state index is -5.86. The number of rotatable bonds is 3. The zero-order valence-corrected chi connectivity index (χ0v) is 9.13. The topological polar surface area (TPSA) is 52.4 Å². The van der Waals surface area contributed by atoms with Crippen LogP contribution in [0, 0.1) is 15.9 Å². The first kappa shape index (κ1) is 16.0. The van der Waals surface area contributed by atoms with Gasteiger partial charge in [-0.1, -0.05) is 6.07 Å². The molecule has 20 heavy (non-hydrogen) atoms. The lowest BCUT2D eigenvalue weighted by Crippen LogP contribution is -2.46. The Morgan fingerprint density at radius 2 is 1.60 bits per heavy atom. The van der Waals surface area contributed by atoms with Crippen LogP contribution in [0.3, 0.4) is 0 Å². The van der Waals surface area contributed by atoms with Gasteiger partial charge in [0.15, 0.2) is 0 Å². The van der Waals surface area contributed by atoms with Crippen molar-refractivity contribution in [3.8, 4) is 5.75 Å². The summed E-state index contributed by atoms with van der Waals surface area (Å²) in [7, 11) is 0. The summed E-state index contributed by atoms with van der Waals surface area (Å²) in [6.07, 6.45) is -16.0. The van der Waals surface area contributed by atoms with E-state index >= 15 is 0 Å². The van der Waals surface area contributed by atoms with Crippen molar-refractivity contribution < 1.29 is 40.4 Å². The molecule has 0 aliphatic heterocycles. The Bertz CT molecular complexity index is 497. The van der Waals surface area contributed by atoms with Gasteiger partial charge in [-0.05, 0) is 12.1 Å². The van der Waals surface area contributed by atoms with Crippen LogP contribution in [0.15, 0.2) is 18.2 Å². The molecule has 0 unspecified atom stereocenters. The van der Waals surface area contributed by atoms with E-state index in [9.17, 15) is 40.8 Å². The summed E-state index contributed by atoms with van der Waals surface area (Å²) < 4.78 is 90.0. The van der Waals surface area contributed by atoms with Crippen molar-refractivity contribution in [2.45, 2.75) is 18.5 Å². The second kappa shape index (κ2) is 5.13. The number of hydrogen-bond donors (Lipinski definition) is 0. The Morgan fingerprint density at radius 3 is 2.00 bits per heavy atom. The number of para-hydroxylation sites is 1. The highest BCUT2D eigenvalue weighted by Gasteiger charge is 2.59. The molecule has 11 heteroatoms. The minimum absolute atomic E-state index is 0.436. The monoisotopic (exact) mass is 307 g/mol. The maximum atomic E-state index is 13.1. The van der Waals surface area contributed by atoms with Crippen LogP contribution in [0.2, 0.25) is 0 Å². The van der Waals surface area contributed by atoms with Crippen molar-refractivity contribution in [1.29, 1.82) is 0 Å². The molecule has 0 aromatic heterocycles. The van der Waals surface area contributed by atoms with Crippen molar-refractivity contribution in [2.24, 2.45) is 0 Å². The summed E-state index contributed by atoms with van der Waals surface area (Å²) >= 11 is 0. The smallest absolute Gasteiger partial charge is 0.434 e. The van der Waals surface area contributed by atoms with Crippen LogP contribution in [-0.4, -0.2) is 23.4 Å². The number of nitro benzene ring substituents is 1. The van der Waals surface area contributed by atoms with Crippen molar-refractivity contribution in [2.75, 3.05) is 0 Å². The summed E-state index contributed by atoms with van der Waals surface area (Å²) in [5.41, 5.74) is -1.61. The van der Waals surface area contributed by atoms with E-state index < -0.39 is 40.6 Å². The molecule has 0 aliphatic carbocycles. The fourth-order valence-corrected chi connectivity index (χ4v) is 1.21. The average Bonchev–Trinajstić information content (AvgIpc) is 2.22. The van der Waals surface area contributed by atoms with Gasteiger partial charge in [-0.3, -0.25) is 10.1 Å². The Kier molecular flexibility index (Phi) is 4.10. The number of halogens is 7. The first-order chi connectivity index (χ1) is 8.94. The van der Waals surface area contributed by atoms with E-state index in [-0.39, 0.29) is 0 Å². The number of nitro groups is 1. The van der Waals surface area contributed by atoms with Gasteiger partial charge in [0.25, 0.3) is 6.10 Å². The van der Waals surface area contributed by atoms with Crippen molar-refractivity contribution in [3.63, 3.8) is 0 Å². The van der Waals surface area contributed by atoms with Gasteiger partial charge in [-0.25, -0.2) is 0 Å². The molecule has 1 aromatic carbocycles. The Balaban J connectivity index is 3.26. The van der Waals surface area contributed by atoms with Crippen LogP contribution in [0.1, 0.15) is 0 Å². The van der Waals surface area contributed by atoms with E-state index in [2.05, 4.69) is 4.74 Å². The maximum Gasteiger partial charge on any atom is 0.434 e. The van der Waals surface area contributed by atoms with Crippen LogP contribution in [0.4, 0.5) is 36.4 Å². The van der Waals surface area contributed by atoms with E-state index in [0.717, 1.165) is 0 Å². The van der Waals surface area contributed by atoms with Crippen molar-refractivity contribution >= 4 is 5.69 Å². The fraction of sp³-hybridized carbons (Fsp3) is 0.333. The van der Waals surface area contributed by atoms with Gasteiger partial charge < -0.3 is 4.74 Å². The summed E-state index contributed by atoms with van der Waals surface area (Å²) in [6.45, 7) is 0. The maximum absolute atomic E-state index is 13.1. The lowest BCUT2D eigenvalue weighted by Gasteiger charge is -2.23. The van der Waals surface area contributed by atoms with Gasteiger partial charge in [0.1, 0.15) is 0 Å². The van der Waals surface area contributed by atoms with E-state index in [4.69, 9.17) is 0 Å². The van der Waals surface area contributed by atoms with Crippen LogP contribution in [0.25, 0.3) is 0 Å². The van der Waals surface area contributed by atoms with E-state index in [1.54, 1.807) is 0 Å². The highest BCUT2D eigenvalue weighted by atomic mass is 19.4. The first-order valence-electron chi connectivity index (χ1n) is 4.67. The SMILES string of the molecule is O=[N+]([O-])c1c(F)cccc1OC(C(F)(F)F)C(F)(F)F. The Morgan fingerprint density at radius 1 is 1.10 bits per heavy atom. The third-order valence-corrected chi connectivity index (χ3v) is 1.97. The van der Waals surface area contributed by atoms with Gasteiger partial charge in [0.05, 0.1) is 4.92 Å². The quantitative estimate of drug-likeness (QED) is 0.487. The van der Waals surface area contributed by atoms with Crippen molar-refractivity contribution in [1.82, 2.24) is 0 Å². The highest BCUT2D eigenvalue weighted by molar-refractivity contribution is 5.47. The predicted molar refractivity (Wildman–Crippen MR) is 49.6 cm³/mol. The molecule has 0 heterocycles. The molecule has 0 radical (unpaired) electrons. The van der Waals surface area contributed by atoms with Gasteiger partial charge in [-0.15, -0.1) is 0 Å². The molecule has 112 valence electrons. The third-order valence-electron chi connectivity index (χ3n) is 1.97. The first-order valence-corrected chi connectivity index (χ1v) is 4.67. The molecule has 0 saturated carbocycles. The summed E-state index contributed by atoms with van der Waals surface area (Å²) in [4.78, 5) is 8.97. The lowest BCUT2D eigenvalue weighted by molar-refractivity contribution is -0.390. The molecule has 0 aliphatic rings. The molecular formula is C9H4F7NO3. The van der Waals surface area contributed by atoms with Gasteiger partial charge in [0, 0.05) is 0 Å². The predicted octanol–water partition coefficient (Wildman–Crippen LogP) is 3.61. The van der Waals surface area contributed by atoms with Crippen LogP contribution in [0.5, 0.6) is 5.75 Å². The Hall–Kier alpha value is -2.07. The number of alkyl halides is 6. The van der Waals surface area contributed by atoms with Crippen LogP contribution in [-0.2, 0) is 0 Å². The zero-order chi connectivity index (χ0) is 15.7. The Labute approximate surface area is 105 Å². The molecule has 0 fully saturated rings. The molecule has 0 N–H and O–H groups in total. The molecule has 1 aromatic rings. The zero-order valence-electron chi connectivity index (χ0n) is 9.13. The van der Waals surface area contributed by atoms with Gasteiger partial charge >= 0.3 is 18.0 Å². The molecule has 1 rings (SSSR count). The molecule has 0 saturated heterocycles. The molecular weight excluding hydrogens is 303 g/mol. The van der Waals surface area contributed by atoms with Crippen molar-refractivity contribution in [3.05, 3.63) is 34.1 Å². The van der Waals surface area contributed by atoms with Crippen LogP contribution < -0.4 is 4.74 Å².